The first kappa shape index (κ1) is 14.6. The molecular formula is C11H15N5O5. The van der Waals surface area contributed by atoms with Gasteiger partial charge in [-0.25, -0.2) is 19.4 Å². The lowest BCUT2D eigenvalue weighted by Gasteiger charge is -2.32. The molecule has 1 aliphatic rings. The zero-order chi connectivity index (χ0) is 15.4. The number of imidazole rings is 1. The molecule has 3 amide bonds. The number of carbonyl (C=O) groups is 3. The first-order chi connectivity index (χ1) is 9.99. The summed E-state index contributed by atoms with van der Waals surface area (Å²) in [6.07, 6.45) is 0.665. The Kier molecular flexibility index (Phi) is 4.26. The van der Waals surface area contributed by atoms with E-state index in [9.17, 15) is 19.5 Å². The van der Waals surface area contributed by atoms with Gasteiger partial charge < -0.3 is 30.8 Å². The van der Waals surface area contributed by atoms with Crippen LogP contribution in [0.15, 0.2) is 6.33 Å². The highest BCUT2D eigenvalue weighted by Gasteiger charge is 2.35. The molecule has 0 saturated heterocycles. The molecule has 21 heavy (non-hydrogen) atoms. The van der Waals surface area contributed by atoms with Crippen molar-refractivity contribution in [2.75, 3.05) is 13.2 Å². The maximum absolute atomic E-state index is 12.0. The molecule has 1 aromatic heterocycles. The van der Waals surface area contributed by atoms with Gasteiger partial charge in [-0.1, -0.05) is 0 Å². The maximum atomic E-state index is 12.0. The van der Waals surface area contributed by atoms with Crippen LogP contribution in [0.5, 0.6) is 0 Å². The lowest BCUT2D eigenvalue weighted by atomic mass is 10.0. The Morgan fingerprint density at radius 2 is 2.33 bits per heavy atom. The SMILES string of the molecule is NC(=O)OCCNC(=O)N1Cc2[nH]cnc2CC1C(=O)O. The molecule has 0 fully saturated rings. The number of carbonyl (C=O) groups excluding carboxylic acids is 2. The predicted octanol–water partition coefficient (Wildman–Crippen LogP) is -0.974. The van der Waals surface area contributed by atoms with E-state index in [4.69, 9.17) is 5.73 Å². The molecule has 1 atom stereocenters. The van der Waals surface area contributed by atoms with Crippen molar-refractivity contribution in [3.05, 3.63) is 17.7 Å². The number of aliphatic carboxylic acids is 1. The van der Waals surface area contributed by atoms with Crippen molar-refractivity contribution in [3.8, 4) is 0 Å². The minimum atomic E-state index is -1.10. The number of carboxylic acids is 1. The van der Waals surface area contributed by atoms with E-state index < -0.39 is 24.1 Å². The van der Waals surface area contributed by atoms with Crippen molar-refractivity contribution in [2.45, 2.75) is 19.0 Å². The number of hydrogen-bond donors (Lipinski definition) is 4. The highest BCUT2D eigenvalue weighted by molar-refractivity contribution is 5.83. The number of urea groups is 1. The highest BCUT2D eigenvalue weighted by Crippen LogP contribution is 2.20. The molecule has 10 nitrogen and oxygen atoms in total. The minimum absolute atomic E-state index is 0.0421. The number of aromatic nitrogens is 2. The average molecular weight is 297 g/mol. The number of hydrogen-bond acceptors (Lipinski definition) is 5. The van der Waals surface area contributed by atoms with E-state index in [2.05, 4.69) is 20.0 Å². The van der Waals surface area contributed by atoms with Crippen molar-refractivity contribution in [1.29, 1.82) is 0 Å². The van der Waals surface area contributed by atoms with Crippen molar-refractivity contribution in [3.63, 3.8) is 0 Å². The monoisotopic (exact) mass is 297 g/mol. The van der Waals surface area contributed by atoms with Gasteiger partial charge in [-0.05, 0) is 0 Å². The van der Waals surface area contributed by atoms with Gasteiger partial charge in [0.15, 0.2) is 0 Å². The van der Waals surface area contributed by atoms with Gasteiger partial charge in [0.2, 0.25) is 0 Å². The van der Waals surface area contributed by atoms with Crippen LogP contribution in [0.2, 0.25) is 0 Å². The number of ether oxygens (including phenoxy) is 1. The number of rotatable bonds is 4. The number of fused-ring (bicyclic) bond motifs is 1. The van der Waals surface area contributed by atoms with E-state index in [1.165, 1.54) is 11.2 Å². The fourth-order valence-corrected chi connectivity index (χ4v) is 2.08. The van der Waals surface area contributed by atoms with E-state index in [0.717, 1.165) is 0 Å². The minimum Gasteiger partial charge on any atom is -0.480 e. The molecule has 2 heterocycles. The fraction of sp³-hybridized carbons (Fsp3) is 0.455. The van der Waals surface area contributed by atoms with Gasteiger partial charge in [-0.2, -0.15) is 0 Å². The third-order valence-corrected chi connectivity index (χ3v) is 3.07. The van der Waals surface area contributed by atoms with E-state index in [0.29, 0.717) is 11.4 Å². The van der Waals surface area contributed by atoms with Crippen LogP contribution in [0.25, 0.3) is 0 Å². The number of H-pyrrole nitrogens is 1. The number of nitrogens with one attached hydrogen (secondary N) is 2. The second kappa shape index (κ2) is 6.11. The Morgan fingerprint density at radius 1 is 1.57 bits per heavy atom. The molecule has 0 saturated carbocycles. The Hall–Kier alpha value is -2.78. The number of carboxylic acid groups (broad SMARTS) is 1. The summed E-state index contributed by atoms with van der Waals surface area (Å²) in [6.45, 7) is 0.0806. The van der Waals surface area contributed by atoms with Crippen LogP contribution in [0.1, 0.15) is 11.4 Å². The van der Waals surface area contributed by atoms with E-state index in [1.807, 2.05) is 0 Å². The molecule has 1 aromatic rings. The van der Waals surface area contributed by atoms with Crippen molar-refractivity contribution in [1.82, 2.24) is 20.2 Å². The van der Waals surface area contributed by atoms with Crippen LogP contribution >= 0.6 is 0 Å². The van der Waals surface area contributed by atoms with Crippen LogP contribution < -0.4 is 11.1 Å². The molecule has 0 bridgehead atoms. The first-order valence-corrected chi connectivity index (χ1v) is 6.19. The van der Waals surface area contributed by atoms with Crippen LogP contribution in [-0.2, 0) is 22.5 Å². The number of primary amides is 1. The topological polar surface area (TPSA) is 151 Å². The Morgan fingerprint density at radius 3 is 3.00 bits per heavy atom. The van der Waals surface area contributed by atoms with E-state index in [1.54, 1.807) is 0 Å². The summed E-state index contributed by atoms with van der Waals surface area (Å²) >= 11 is 0. The van der Waals surface area contributed by atoms with Gasteiger partial charge >= 0.3 is 18.1 Å². The van der Waals surface area contributed by atoms with Crippen molar-refractivity contribution >= 4 is 18.1 Å². The number of nitrogens with two attached hydrogens (primary N) is 1. The number of nitrogens with zero attached hydrogens (tertiary/aromatic N) is 2. The predicted molar refractivity (Wildman–Crippen MR) is 68.2 cm³/mol. The van der Waals surface area contributed by atoms with Crippen LogP contribution in [0.4, 0.5) is 9.59 Å². The van der Waals surface area contributed by atoms with E-state index >= 15 is 0 Å². The van der Waals surface area contributed by atoms with Gasteiger partial charge in [0.1, 0.15) is 12.6 Å². The lowest BCUT2D eigenvalue weighted by Crippen LogP contribution is -2.52. The molecule has 0 radical (unpaired) electrons. The molecule has 2 rings (SSSR count). The van der Waals surface area contributed by atoms with E-state index in [-0.39, 0.29) is 26.1 Å². The molecule has 1 unspecified atom stereocenters. The average Bonchev–Trinajstić information content (AvgIpc) is 2.88. The van der Waals surface area contributed by atoms with Crippen LogP contribution in [0, 0.1) is 0 Å². The first-order valence-electron chi connectivity index (χ1n) is 6.19. The molecular weight excluding hydrogens is 282 g/mol. The third-order valence-electron chi connectivity index (χ3n) is 3.07. The van der Waals surface area contributed by atoms with Crippen LogP contribution in [0.3, 0.4) is 0 Å². The largest absolute Gasteiger partial charge is 0.480 e. The smallest absolute Gasteiger partial charge is 0.404 e. The van der Waals surface area contributed by atoms with Gasteiger partial charge in [0.05, 0.1) is 30.8 Å². The number of amides is 3. The van der Waals surface area contributed by atoms with Crippen molar-refractivity contribution in [2.24, 2.45) is 5.73 Å². The Bertz CT molecular complexity index is 557. The van der Waals surface area contributed by atoms with Crippen LogP contribution in [-0.4, -0.2) is 57.3 Å². The summed E-state index contributed by atoms with van der Waals surface area (Å²) in [4.78, 5) is 41.8. The quantitative estimate of drug-likeness (QED) is 0.525. The second-order valence-corrected chi connectivity index (χ2v) is 4.41. The second-order valence-electron chi connectivity index (χ2n) is 4.41. The molecule has 1 aliphatic heterocycles. The standard InChI is InChI=1S/C11H15N5O5/c12-10(19)21-2-1-13-11(20)16-4-7-6(14-5-15-7)3-8(16)9(17)18/h5,8H,1-4H2,(H2,12,19)(H,13,20)(H,14,15)(H,17,18). The molecule has 0 aliphatic carbocycles. The molecule has 114 valence electrons. The maximum Gasteiger partial charge on any atom is 0.404 e. The molecule has 5 N–H and O–H groups in total. The van der Waals surface area contributed by atoms with Gasteiger partial charge in [0.25, 0.3) is 0 Å². The normalized spacial score (nSPS) is 17.0. The zero-order valence-electron chi connectivity index (χ0n) is 11.0. The van der Waals surface area contributed by atoms with Gasteiger partial charge in [-0.15, -0.1) is 0 Å². The highest BCUT2D eigenvalue weighted by atomic mass is 16.5. The molecule has 0 aromatic carbocycles. The summed E-state index contributed by atoms with van der Waals surface area (Å²) in [5.41, 5.74) is 6.13. The van der Waals surface area contributed by atoms with Gasteiger partial charge in [0, 0.05) is 6.42 Å². The van der Waals surface area contributed by atoms with Crippen molar-refractivity contribution < 1.29 is 24.2 Å². The zero-order valence-corrected chi connectivity index (χ0v) is 11.0. The number of aromatic amines is 1. The summed E-state index contributed by atoms with van der Waals surface area (Å²) in [5, 5.41) is 11.7. The Labute approximate surface area is 119 Å². The summed E-state index contributed by atoms with van der Waals surface area (Å²) < 4.78 is 4.47. The molecule has 10 heteroatoms. The fourth-order valence-electron chi connectivity index (χ4n) is 2.08. The van der Waals surface area contributed by atoms with Gasteiger partial charge in [-0.3, -0.25) is 0 Å². The summed E-state index contributed by atoms with van der Waals surface area (Å²) in [6, 6.07) is -1.55. The summed E-state index contributed by atoms with van der Waals surface area (Å²) in [5.74, 6) is -1.10. The lowest BCUT2D eigenvalue weighted by molar-refractivity contribution is -0.142. The third kappa shape index (κ3) is 3.41. The molecule has 0 spiro atoms. The Balaban J connectivity index is 1.97. The summed E-state index contributed by atoms with van der Waals surface area (Å²) in [7, 11) is 0.